The number of sulfonamides is 1. The van der Waals surface area contributed by atoms with Crippen LogP contribution in [0.5, 0.6) is 0 Å². The summed E-state index contributed by atoms with van der Waals surface area (Å²) in [5.74, 6) is 0.102. The zero-order valence-electron chi connectivity index (χ0n) is 8.14. The van der Waals surface area contributed by atoms with Gasteiger partial charge in [0.1, 0.15) is 0 Å². The smallest absolute Gasteiger partial charge is 0.212 e. The molecule has 0 amide bonds. The number of hydrogen-bond donors (Lipinski definition) is 0. The molecule has 1 saturated heterocycles. The first-order chi connectivity index (χ1) is 6.60. The van der Waals surface area contributed by atoms with Crippen molar-refractivity contribution in [3.8, 4) is 0 Å². The second-order valence-corrected chi connectivity index (χ2v) is 5.53. The van der Waals surface area contributed by atoms with Gasteiger partial charge in [0.25, 0.3) is 0 Å². The summed E-state index contributed by atoms with van der Waals surface area (Å²) in [6.45, 7) is 2.48. The highest BCUT2D eigenvalue weighted by Crippen LogP contribution is 2.16. The molecule has 0 aromatic carbocycles. The van der Waals surface area contributed by atoms with Crippen molar-refractivity contribution in [2.24, 2.45) is 4.99 Å². The second kappa shape index (κ2) is 4.68. The van der Waals surface area contributed by atoms with E-state index in [1.165, 1.54) is 10.4 Å². The van der Waals surface area contributed by atoms with Crippen LogP contribution < -0.4 is 0 Å². The highest BCUT2D eigenvalue weighted by molar-refractivity contribution is 7.89. The quantitative estimate of drug-likeness (QED) is 0.499. The summed E-state index contributed by atoms with van der Waals surface area (Å²) in [6.07, 6.45) is 3.01. The Balaban J connectivity index is 2.69. The van der Waals surface area contributed by atoms with Crippen LogP contribution in [0, 0.1) is 0 Å². The number of aliphatic imine (C=N–C) groups is 1. The van der Waals surface area contributed by atoms with E-state index in [1.807, 2.05) is 0 Å². The van der Waals surface area contributed by atoms with Crippen LogP contribution >= 0.6 is 0 Å². The Bertz CT molecular complexity index is 332. The summed E-state index contributed by atoms with van der Waals surface area (Å²) in [6, 6.07) is -0.206. The molecule has 0 N–H and O–H groups in total. The Morgan fingerprint density at radius 3 is 2.86 bits per heavy atom. The lowest BCUT2D eigenvalue weighted by molar-refractivity contribution is 0.317. The largest absolute Gasteiger partial charge is 0.235 e. The summed E-state index contributed by atoms with van der Waals surface area (Å²) in [5, 5.41) is 0. The van der Waals surface area contributed by atoms with E-state index in [0.717, 1.165) is 12.8 Å². The predicted molar refractivity (Wildman–Crippen MR) is 52.2 cm³/mol. The van der Waals surface area contributed by atoms with E-state index in [-0.39, 0.29) is 11.8 Å². The highest BCUT2D eigenvalue weighted by atomic mass is 32.2. The van der Waals surface area contributed by atoms with Crippen LogP contribution in [-0.4, -0.2) is 43.7 Å². The van der Waals surface area contributed by atoms with E-state index in [4.69, 9.17) is 0 Å². The lowest BCUT2D eigenvalue weighted by Gasteiger charge is -2.28. The van der Waals surface area contributed by atoms with Gasteiger partial charge < -0.3 is 0 Å². The van der Waals surface area contributed by atoms with Gasteiger partial charge in [-0.15, -0.1) is 0 Å². The molecule has 0 aromatic heterocycles. The standard InChI is InChI=1S/C8H14N2O3S/c1-2-14(12,13)10-5-3-4-8(6-10)9-7-11/h8H,2-6H2,1H3. The minimum absolute atomic E-state index is 0.102. The van der Waals surface area contributed by atoms with Gasteiger partial charge in [0.05, 0.1) is 11.8 Å². The summed E-state index contributed by atoms with van der Waals surface area (Å²) in [7, 11) is -3.13. The van der Waals surface area contributed by atoms with Crippen LogP contribution in [0.3, 0.4) is 0 Å². The Kier molecular flexibility index (Phi) is 3.80. The van der Waals surface area contributed by atoms with Crippen molar-refractivity contribution in [2.45, 2.75) is 25.8 Å². The SMILES string of the molecule is CCS(=O)(=O)N1CCCC(N=C=O)C1. The molecular weight excluding hydrogens is 204 g/mol. The second-order valence-electron chi connectivity index (χ2n) is 3.28. The van der Waals surface area contributed by atoms with Gasteiger partial charge in [0.15, 0.2) is 0 Å². The molecule has 0 aromatic rings. The van der Waals surface area contributed by atoms with E-state index in [2.05, 4.69) is 4.99 Å². The predicted octanol–water partition coefficient (Wildman–Crippen LogP) is 0.136. The fraction of sp³-hybridized carbons (Fsp3) is 0.875. The number of isocyanates is 1. The van der Waals surface area contributed by atoms with Crippen molar-refractivity contribution in [3.63, 3.8) is 0 Å². The van der Waals surface area contributed by atoms with E-state index in [0.29, 0.717) is 13.1 Å². The van der Waals surface area contributed by atoms with Crippen LogP contribution in [0.1, 0.15) is 19.8 Å². The summed E-state index contributed by atoms with van der Waals surface area (Å²) >= 11 is 0. The maximum Gasteiger partial charge on any atom is 0.235 e. The average Bonchev–Trinajstić information content (AvgIpc) is 2.19. The van der Waals surface area contributed by atoms with Gasteiger partial charge in [0, 0.05) is 13.1 Å². The Labute approximate surface area is 83.9 Å². The lowest BCUT2D eigenvalue weighted by atomic mass is 10.1. The van der Waals surface area contributed by atoms with Gasteiger partial charge >= 0.3 is 0 Å². The number of piperidine rings is 1. The van der Waals surface area contributed by atoms with Crippen molar-refractivity contribution in [1.29, 1.82) is 0 Å². The highest BCUT2D eigenvalue weighted by Gasteiger charge is 2.27. The molecule has 1 aliphatic rings. The molecule has 1 heterocycles. The zero-order chi connectivity index (χ0) is 10.6. The first-order valence-corrected chi connectivity index (χ1v) is 6.26. The molecule has 0 spiro atoms. The molecule has 1 fully saturated rings. The van der Waals surface area contributed by atoms with E-state index < -0.39 is 10.0 Å². The fourth-order valence-electron chi connectivity index (χ4n) is 1.54. The molecule has 14 heavy (non-hydrogen) atoms. The summed E-state index contributed by atoms with van der Waals surface area (Å²) in [5.41, 5.74) is 0. The molecule has 0 saturated carbocycles. The molecule has 5 nitrogen and oxygen atoms in total. The molecule has 1 rings (SSSR count). The third kappa shape index (κ3) is 2.64. The van der Waals surface area contributed by atoms with E-state index in [1.54, 1.807) is 6.92 Å². The van der Waals surface area contributed by atoms with Gasteiger partial charge in [-0.05, 0) is 19.8 Å². The van der Waals surface area contributed by atoms with Crippen LogP contribution in [-0.2, 0) is 14.8 Å². The van der Waals surface area contributed by atoms with Crippen molar-refractivity contribution in [2.75, 3.05) is 18.8 Å². The molecule has 0 aliphatic carbocycles. The van der Waals surface area contributed by atoms with Crippen molar-refractivity contribution >= 4 is 16.1 Å². The van der Waals surface area contributed by atoms with E-state index in [9.17, 15) is 13.2 Å². The molecule has 0 bridgehead atoms. The first-order valence-electron chi connectivity index (χ1n) is 4.65. The topological polar surface area (TPSA) is 66.8 Å². The Morgan fingerprint density at radius 2 is 2.29 bits per heavy atom. The van der Waals surface area contributed by atoms with Crippen LogP contribution in [0.2, 0.25) is 0 Å². The summed E-state index contributed by atoms with van der Waals surface area (Å²) < 4.78 is 24.4. The minimum Gasteiger partial charge on any atom is -0.212 e. The van der Waals surface area contributed by atoms with Crippen LogP contribution in [0.4, 0.5) is 0 Å². The monoisotopic (exact) mass is 218 g/mol. The Hall–Kier alpha value is -0.710. The molecule has 6 heteroatoms. The van der Waals surface area contributed by atoms with Gasteiger partial charge in [0.2, 0.25) is 16.1 Å². The maximum absolute atomic E-state index is 11.5. The molecule has 1 atom stereocenters. The van der Waals surface area contributed by atoms with Crippen molar-refractivity contribution in [3.05, 3.63) is 0 Å². The van der Waals surface area contributed by atoms with Crippen LogP contribution in [0.25, 0.3) is 0 Å². The number of nitrogens with zero attached hydrogens (tertiary/aromatic N) is 2. The maximum atomic E-state index is 11.5. The normalized spacial score (nSPS) is 24.2. The molecular formula is C8H14N2O3S. The third-order valence-electron chi connectivity index (χ3n) is 2.35. The molecule has 1 unspecified atom stereocenters. The van der Waals surface area contributed by atoms with Crippen molar-refractivity contribution in [1.82, 2.24) is 4.31 Å². The van der Waals surface area contributed by atoms with E-state index >= 15 is 0 Å². The van der Waals surface area contributed by atoms with Gasteiger partial charge in [-0.2, -0.15) is 4.31 Å². The van der Waals surface area contributed by atoms with Gasteiger partial charge in [-0.25, -0.2) is 18.2 Å². The third-order valence-corrected chi connectivity index (χ3v) is 4.20. The number of hydrogen-bond acceptors (Lipinski definition) is 4. The minimum atomic E-state index is -3.13. The number of rotatable bonds is 3. The van der Waals surface area contributed by atoms with Crippen molar-refractivity contribution < 1.29 is 13.2 Å². The van der Waals surface area contributed by atoms with Gasteiger partial charge in [-0.1, -0.05) is 0 Å². The Morgan fingerprint density at radius 1 is 1.57 bits per heavy atom. The lowest BCUT2D eigenvalue weighted by Crippen LogP contribution is -2.42. The first kappa shape index (κ1) is 11.4. The molecule has 0 radical (unpaired) electrons. The number of carbonyl (C=O) groups excluding carboxylic acids is 1. The van der Waals surface area contributed by atoms with Crippen LogP contribution in [0.15, 0.2) is 4.99 Å². The summed E-state index contributed by atoms with van der Waals surface area (Å²) in [4.78, 5) is 13.6. The zero-order valence-corrected chi connectivity index (χ0v) is 8.96. The average molecular weight is 218 g/mol. The fourth-order valence-corrected chi connectivity index (χ4v) is 2.71. The molecule has 80 valence electrons. The molecule has 1 aliphatic heterocycles. The van der Waals surface area contributed by atoms with Gasteiger partial charge in [-0.3, -0.25) is 0 Å².